The second-order valence-corrected chi connectivity index (χ2v) is 7.52. The smallest absolute Gasteiger partial charge is 0.0363 e. The molecule has 0 bridgehead atoms. The lowest BCUT2D eigenvalue weighted by Crippen LogP contribution is -2.46. The highest BCUT2D eigenvalue weighted by atomic mass is 32.2. The van der Waals surface area contributed by atoms with E-state index in [-0.39, 0.29) is 0 Å². The van der Waals surface area contributed by atoms with Gasteiger partial charge in [0, 0.05) is 54.5 Å². The molecule has 1 fully saturated rings. The van der Waals surface area contributed by atoms with Crippen LogP contribution in [0.1, 0.15) is 27.7 Å². The maximum absolute atomic E-state index is 11.3. The molecule has 1 aliphatic rings. The van der Waals surface area contributed by atoms with Gasteiger partial charge in [0.1, 0.15) is 0 Å². The summed E-state index contributed by atoms with van der Waals surface area (Å²) in [5.74, 6) is 1.71. The van der Waals surface area contributed by atoms with Crippen molar-refractivity contribution in [3.8, 4) is 0 Å². The van der Waals surface area contributed by atoms with Crippen LogP contribution < -0.4 is 5.32 Å². The van der Waals surface area contributed by atoms with Crippen molar-refractivity contribution in [2.75, 3.05) is 37.7 Å². The fraction of sp³-hybridized carbons (Fsp3) is 1.00. The Bertz CT molecular complexity index is 231. The largest absolute Gasteiger partial charge is 0.314 e. The number of hydrogen-bond acceptors (Lipinski definition) is 3. The molecule has 0 saturated carbocycles. The standard InChI is InChI=1S/C12H26N2OS/c1-11(2)13-9-12(3,4)10-14-5-7-16(15)8-6-14/h11,13H,5-10H2,1-4H3. The molecule has 0 spiro atoms. The first-order valence-corrected chi connectivity index (χ1v) is 7.68. The summed E-state index contributed by atoms with van der Waals surface area (Å²) in [6.45, 7) is 13.1. The summed E-state index contributed by atoms with van der Waals surface area (Å²) < 4.78 is 11.3. The summed E-state index contributed by atoms with van der Waals surface area (Å²) in [6, 6.07) is 0.549. The maximum atomic E-state index is 11.3. The summed E-state index contributed by atoms with van der Waals surface area (Å²) >= 11 is 0. The van der Waals surface area contributed by atoms with Gasteiger partial charge in [0.15, 0.2) is 0 Å². The molecule has 1 aliphatic heterocycles. The van der Waals surface area contributed by atoms with E-state index in [1.807, 2.05) is 0 Å². The average molecular weight is 246 g/mol. The Morgan fingerprint density at radius 1 is 1.31 bits per heavy atom. The highest BCUT2D eigenvalue weighted by Gasteiger charge is 2.24. The van der Waals surface area contributed by atoms with Gasteiger partial charge in [0.25, 0.3) is 0 Å². The number of nitrogens with zero attached hydrogens (tertiary/aromatic N) is 1. The van der Waals surface area contributed by atoms with E-state index in [1.54, 1.807) is 0 Å². The van der Waals surface area contributed by atoms with Crippen LogP contribution in [0.3, 0.4) is 0 Å². The van der Waals surface area contributed by atoms with Crippen LogP contribution in [-0.2, 0) is 10.8 Å². The lowest BCUT2D eigenvalue weighted by atomic mass is 9.92. The van der Waals surface area contributed by atoms with Crippen LogP contribution >= 0.6 is 0 Å². The third-order valence-corrected chi connectivity index (χ3v) is 4.19. The lowest BCUT2D eigenvalue weighted by molar-refractivity contribution is 0.183. The molecule has 1 saturated heterocycles. The van der Waals surface area contributed by atoms with E-state index in [4.69, 9.17) is 0 Å². The number of nitrogens with one attached hydrogen (secondary N) is 1. The van der Waals surface area contributed by atoms with Gasteiger partial charge in [-0.1, -0.05) is 27.7 Å². The second kappa shape index (κ2) is 6.12. The lowest BCUT2D eigenvalue weighted by Gasteiger charge is -2.35. The molecule has 0 aliphatic carbocycles. The monoisotopic (exact) mass is 246 g/mol. The van der Waals surface area contributed by atoms with Crippen LogP contribution in [0.2, 0.25) is 0 Å². The van der Waals surface area contributed by atoms with Crippen molar-refractivity contribution in [3.05, 3.63) is 0 Å². The maximum Gasteiger partial charge on any atom is 0.0363 e. The van der Waals surface area contributed by atoms with Crippen LogP contribution in [0, 0.1) is 5.41 Å². The minimum absolute atomic E-state index is 0.295. The van der Waals surface area contributed by atoms with E-state index in [0.29, 0.717) is 11.5 Å². The Kier molecular flexibility index (Phi) is 5.41. The van der Waals surface area contributed by atoms with Crippen LogP contribution in [0.5, 0.6) is 0 Å². The molecule has 0 radical (unpaired) electrons. The molecule has 0 aromatic carbocycles. The van der Waals surface area contributed by atoms with Gasteiger partial charge in [-0.3, -0.25) is 4.21 Å². The molecule has 16 heavy (non-hydrogen) atoms. The zero-order valence-corrected chi connectivity index (χ0v) is 11.9. The van der Waals surface area contributed by atoms with E-state index in [0.717, 1.165) is 37.7 Å². The van der Waals surface area contributed by atoms with Gasteiger partial charge >= 0.3 is 0 Å². The van der Waals surface area contributed by atoms with Crippen molar-refractivity contribution in [2.24, 2.45) is 5.41 Å². The molecule has 0 aromatic rings. The third-order valence-electron chi connectivity index (χ3n) is 2.91. The van der Waals surface area contributed by atoms with Crippen molar-refractivity contribution in [1.29, 1.82) is 0 Å². The first kappa shape index (κ1) is 14.1. The summed E-state index contributed by atoms with van der Waals surface area (Å²) in [6.07, 6.45) is 0. The van der Waals surface area contributed by atoms with Crippen molar-refractivity contribution >= 4 is 10.8 Å². The highest BCUT2D eigenvalue weighted by Crippen LogP contribution is 2.17. The first-order valence-electron chi connectivity index (χ1n) is 6.20. The molecule has 1 N–H and O–H groups in total. The van der Waals surface area contributed by atoms with Gasteiger partial charge in [-0.15, -0.1) is 0 Å². The topological polar surface area (TPSA) is 32.3 Å². The third kappa shape index (κ3) is 5.41. The fourth-order valence-corrected chi connectivity index (χ4v) is 3.10. The molecule has 0 unspecified atom stereocenters. The second-order valence-electron chi connectivity index (χ2n) is 5.82. The summed E-state index contributed by atoms with van der Waals surface area (Å²) in [5.41, 5.74) is 0.295. The Labute approximate surface area is 102 Å². The van der Waals surface area contributed by atoms with Gasteiger partial charge in [-0.05, 0) is 5.41 Å². The molecule has 1 heterocycles. The Hall–Kier alpha value is 0.0700. The molecule has 4 heteroatoms. The normalized spacial score (nSPS) is 20.6. The van der Waals surface area contributed by atoms with Crippen LogP contribution in [0.4, 0.5) is 0 Å². The zero-order valence-electron chi connectivity index (χ0n) is 11.1. The molecule has 96 valence electrons. The zero-order chi connectivity index (χ0) is 12.2. The van der Waals surface area contributed by atoms with Crippen molar-refractivity contribution in [2.45, 2.75) is 33.7 Å². The van der Waals surface area contributed by atoms with E-state index < -0.39 is 10.8 Å². The molecule has 0 amide bonds. The molecule has 3 nitrogen and oxygen atoms in total. The Morgan fingerprint density at radius 3 is 2.38 bits per heavy atom. The van der Waals surface area contributed by atoms with Gasteiger partial charge in [-0.25, -0.2) is 0 Å². The van der Waals surface area contributed by atoms with Crippen LogP contribution in [-0.4, -0.2) is 52.8 Å². The number of hydrogen-bond donors (Lipinski definition) is 1. The molecular formula is C12H26N2OS. The first-order chi connectivity index (χ1) is 7.39. The van der Waals surface area contributed by atoms with Gasteiger partial charge in [-0.2, -0.15) is 0 Å². The van der Waals surface area contributed by atoms with Crippen LogP contribution in [0.25, 0.3) is 0 Å². The van der Waals surface area contributed by atoms with Crippen molar-refractivity contribution < 1.29 is 4.21 Å². The highest BCUT2D eigenvalue weighted by molar-refractivity contribution is 7.85. The van der Waals surface area contributed by atoms with Crippen molar-refractivity contribution in [3.63, 3.8) is 0 Å². The van der Waals surface area contributed by atoms with E-state index >= 15 is 0 Å². The number of rotatable bonds is 5. The predicted molar refractivity (Wildman–Crippen MR) is 71.2 cm³/mol. The summed E-state index contributed by atoms with van der Waals surface area (Å²) in [4.78, 5) is 2.45. The Morgan fingerprint density at radius 2 is 1.88 bits per heavy atom. The van der Waals surface area contributed by atoms with Crippen LogP contribution in [0.15, 0.2) is 0 Å². The van der Waals surface area contributed by atoms with E-state index in [9.17, 15) is 4.21 Å². The van der Waals surface area contributed by atoms with E-state index in [2.05, 4.69) is 37.9 Å². The predicted octanol–water partition coefficient (Wildman–Crippen LogP) is 1.07. The van der Waals surface area contributed by atoms with Gasteiger partial charge in [0.05, 0.1) is 0 Å². The van der Waals surface area contributed by atoms with E-state index in [1.165, 1.54) is 0 Å². The molecule has 0 aromatic heterocycles. The summed E-state index contributed by atoms with van der Waals surface area (Å²) in [5, 5.41) is 3.50. The molecular weight excluding hydrogens is 220 g/mol. The average Bonchev–Trinajstić information content (AvgIpc) is 2.19. The summed E-state index contributed by atoms with van der Waals surface area (Å²) in [7, 11) is -0.558. The Balaban J connectivity index is 2.31. The minimum atomic E-state index is -0.558. The minimum Gasteiger partial charge on any atom is -0.314 e. The quantitative estimate of drug-likeness (QED) is 0.788. The van der Waals surface area contributed by atoms with Crippen molar-refractivity contribution in [1.82, 2.24) is 10.2 Å². The molecule has 0 atom stereocenters. The SMILES string of the molecule is CC(C)NCC(C)(C)CN1CCS(=O)CC1. The molecule has 1 rings (SSSR count). The van der Waals surface area contributed by atoms with Gasteiger partial charge in [0.2, 0.25) is 0 Å². The fourth-order valence-electron chi connectivity index (χ4n) is 1.98. The van der Waals surface area contributed by atoms with Gasteiger partial charge < -0.3 is 10.2 Å².